The third kappa shape index (κ3) is 6.92. The van der Waals surface area contributed by atoms with Gasteiger partial charge in [0.05, 0.1) is 12.7 Å². The molecule has 0 radical (unpaired) electrons. The number of hydrogen-bond acceptors (Lipinski definition) is 6. The van der Waals surface area contributed by atoms with Crippen LogP contribution in [0.4, 0.5) is 16.2 Å². The number of hydrogen-bond donors (Lipinski definition) is 4. The van der Waals surface area contributed by atoms with Gasteiger partial charge < -0.3 is 15.2 Å². The van der Waals surface area contributed by atoms with Crippen molar-refractivity contribution in [3.05, 3.63) is 53.1 Å². The molecule has 1 fully saturated rings. The molecule has 1 heterocycles. The summed E-state index contributed by atoms with van der Waals surface area (Å²) in [4.78, 5) is 51.0. The fourth-order valence-electron chi connectivity index (χ4n) is 4.42. The second kappa shape index (κ2) is 12.4. The number of nitrogens with zero attached hydrogens (tertiary/aromatic N) is 2. The van der Waals surface area contributed by atoms with E-state index in [1.165, 1.54) is 18.9 Å². The summed E-state index contributed by atoms with van der Waals surface area (Å²) < 4.78 is 28.4. The molecule has 4 N–H and O–H groups in total. The molecule has 1 aliphatic heterocycles. The SMILES string of the molecule is CCC(C)(C(=O)O)N(Cc1ccc(NC(=O)c2cc(N3CCC(=O)NC3=O)cc(C(C)(C)C)c2OC)cc1)S(=O)O. The number of carbonyl (C=O) groups excluding carboxylic acids is 3. The van der Waals surface area contributed by atoms with Crippen molar-refractivity contribution in [2.24, 2.45) is 0 Å². The Bertz CT molecular complexity index is 1370. The maximum absolute atomic E-state index is 13.5. The third-order valence-electron chi connectivity index (χ3n) is 7.12. The summed E-state index contributed by atoms with van der Waals surface area (Å²) in [7, 11) is 1.46. The minimum Gasteiger partial charge on any atom is -0.496 e. The van der Waals surface area contributed by atoms with Gasteiger partial charge in [0.15, 0.2) is 0 Å². The van der Waals surface area contributed by atoms with Gasteiger partial charge in [0, 0.05) is 36.4 Å². The molecule has 0 bridgehead atoms. The van der Waals surface area contributed by atoms with Crippen molar-refractivity contribution in [2.75, 3.05) is 23.9 Å². The fraction of sp³-hybridized carbons (Fsp3) is 0.429. The first-order chi connectivity index (χ1) is 19.1. The summed E-state index contributed by atoms with van der Waals surface area (Å²) >= 11 is -2.54. The minimum absolute atomic E-state index is 0.107. The van der Waals surface area contributed by atoms with Crippen LogP contribution in [0.5, 0.6) is 5.75 Å². The first-order valence-electron chi connectivity index (χ1n) is 13.0. The number of nitrogens with one attached hydrogen (secondary N) is 2. The van der Waals surface area contributed by atoms with Crippen molar-refractivity contribution < 1.29 is 37.8 Å². The van der Waals surface area contributed by atoms with Crippen molar-refractivity contribution in [1.29, 1.82) is 0 Å². The van der Waals surface area contributed by atoms with Crippen molar-refractivity contribution in [3.8, 4) is 5.75 Å². The Morgan fingerprint density at radius 1 is 1.15 bits per heavy atom. The molecule has 3 rings (SSSR count). The fourth-order valence-corrected chi connectivity index (χ4v) is 5.23. The number of aliphatic carboxylic acids is 1. The second-order valence-electron chi connectivity index (χ2n) is 10.9. The van der Waals surface area contributed by atoms with Gasteiger partial charge in [-0.3, -0.25) is 29.2 Å². The zero-order valence-corrected chi connectivity index (χ0v) is 24.8. The highest BCUT2D eigenvalue weighted by Gasteiger charge is 2.41. The number of amides is 4. The molecule has 2 atom stereocenters. The van der Waals surface area contributed by atoms with E-state index in [1.807, 2.05) is 20.8 Å². The third-order valence-corrected chi connectivity index (χ3v) is 8.03. The predicted octanol–water partition coefficient (Wildman–Crippen LogP) is 3.88. The lowest BCUT2D eigenvalue weighted by molar-refractivity contribution is -0.148. The standard InChI is InChI=1S/C28H36N4O8S/c1-7-28(5,25(35)36)32(41(38)39)16-17-8-10-18(11-9-17)29-24(34)20-14-19(31-13-12-22(33)30-26(31)37)15-21(23(20)40-6)27(2,3)4/h8-11,14-15H,7,12-13,16H2,1-6H3,(H,29,34)(H,35,36)(H,38,39)(H,30,33,37). The van der Waals surface area contributed by atoms with E-state index < -0.39 is 40.1 Å². The van der Waals surface area contributed by atoms with E-state index in [4.69, 9.17) is 4.74 Å². The normalized spacial score (nSPS) is 16.1. The van der Waals surface area contributed by atoms with Gasteiger partial charge in [-0.15, -0.1) is 0 Å². The molecule has 12 nitrogen and oxygen atoms in total. The van der Waals surface area contributed by atoms with Gasteiger partial charge in [0.25, 0.3) is 5.91 Å². The molecule has 1 saturated heterocycles. The number of anilines is 2. The second-order valence-corrected chi connectivity index (χ2v) is 11.8. The van der Waals surface area contributed by atoms with E-state index in [2.05, 4.69) is 10.6 Å². The largest absolute Gasteiger partial charge is 0.496 e. The Morgan fingerprint density at radius 2 is 1.78 bits per heavy atom. The lowest BCUT2D eigenvalue weighted by Gasteiger charge is -2.33. The zero-order chi connectivity index (χ0) is 30.7. The van der Waals surface area contributed by atoms with E-state index in [0.29, 0.717) is 28.3 Å². The molecule has 0 aromatic heterocycles. The highest BCUT2D eigenvalue weighted by Crippen LogP contribution is 2.38. The Balaban J connectivity index is 1.92. The molecular weight excluding hydrogens is 552 g/mol. The van der Waals surface area contributed by atoms with Gasteiger partial charge in [-0.05, 0) is 48.6 Å². The van der Waals surface area contributed by atoms with Crippen LogP contribution in [0, 0.1) is 0 Å². The number of carbonyl (C=O) groups is 4. The maximum atomic E-state index is 13.5. The van der Waals surface area contributed by atoms with Crippen molar-refractivity contribution in [2.45, 2.75) is 65.0 Å². The van der Waals surface area contributed by atoms with Gasteiger partial charge in [0.1, 0.15) is 11.3 Å². The van der Waals surface area contributed by atoms with Crippen LogP contribution >= 0.6 is 0 Å². The van der Waals surface area contributed by atoms with E-state index in [1.54, 1.807) is 43.3 Å². The number of benzene rings is 2. The number of ether oxygens (including phenoxy) is 1. The van der Waals surface area contributed by atoms with Gasteiger partial charge in [-0.1, -0.05) is 39.8 Å². The Hall–Kier alpha value is -3.81. The molecule has 0 spiro atoms. The highest BCUT2D eigenvalue weighted by molar-refractivity contribution is 7.76. The quantitative estimate of drug-likeness (QED) is 0.304. The molecule has 41 heavy (non-hydrogen) atoms. The van der Waals surface area contributed by atoms with Gasteiger partial charge in [-0.25, -0.2) is 9.00 Å². The average molecular weight is 589 g/mol. The molecule has 1 aliphatic rings. The Morgan fingerprint density at radius 3 is 2.27 bits per heavy atom. The monoisotopic (exact) mass is 588 g/mol. The molecular formula is C28H36N4O8S. The van der Waals surface area contributed by atoms with E-state index in [0.717, 1.165) is 4.31 Å². The van der Waals surface area contributed by atoms with E-state index in [-0.39, 0.29) is 37.4 Å². The molecule has 4 amide bonds. The maximum Gasteiger partial charge on any atom is 0.328 e. The summed E-state index contributed by atoms with van der Waals surface area (Å²) in [5, 5.41) is 14.7. The van der Waals surface area contributed by atoms with Gasteiger partial charge in [0.2, 0.25) is 17.2 Å². The lowest BCUT2D eigenvalue weighted by Crippen LogP contribution is -2.52. The predicted molar refractivity (Wildman–Crippen MR) is 154 cm³/mol. The van der Waals surface area contributed by atoms with Crippen LogP contribution in [0.25, 0.3) is 0 Å². The lowest BCUT2D eigenvalue weighted by atomic mass is 9.84. The van der Waals surface area contributed by atoms with Gasteiger partial charge >= 0.3 is 12.0 Å². The minimum atomic E-state index is -2.54. The topological polar surface area (TPSA) is 166 Å². The van der Waals surface area contributed by atoms with Crippen LogP contribution in [0.2, 0.25) is 0 Å². The number of carboxylic acids is 1. The first kappa shape index (κ1) is 31.7. The van der Waals surface area contributed by atoms with Crippen molar-refractivity contribution in [3.63, 3.8) is 0 Å². The Labute approximate surface area is 241 Å². The molecule has 2 aromatic rings. The van der Waals surface area contributed by atoms with Crippen LogP contribution < -0.4 is 20.3 Å². The van der Waals surface area contributed by atoms with Crippen LogP contribution in [-0.4, -0.2) is 61.2 Å². The highest BCUT2D eigenvalue weighted by atomic mass is 32.2. The molecule has 0 aliphatic carbocycles. The Kier molecular flexibility index (Phi) is 9.57. The van der Waals surface area contributed by atoms with Crippen LogP contribution in [0.15, 0.2) is 36.4 Å². The zero-order valence-electron chi connectivity index (χ0n) is 23.9. The average Bonchev–Trinajstić information content (AvgIpc) is 2.90. The van der Waals surface area contributed by atoms with Crippen LogP contribution in [0.3, 0.4) is 0 Å². The van der Waals surface area contributed by atoms with E-state index >= 15 is 0 Å². The van der Waals surface area contributed by atoms with Crippen molar-refractivity contribution >= 4 is 46.5 Å². The van der Waals surface area contributed by atoms with Crippen LogP contribution in [-0.2, 0) is 32.8 Å². The molecule has 13 heteroatoms. The molecule has 2 unspecified atom stereocenters. The van der Waals surface area contributed by atoms with Gasteiger partial charge in [-0.2, -0.15) is 4.31 Å². The molecule has 0 saturated carbocycles. The summed E-state index contributed by atoms with van der Waals surface area (Å²) in [6.45, 7) is 8.91. The first-order valence-corrected chi connectivity index (χ1v) is 14.0. The number of carboxylic acid groups (broad SMARTS) is 1. The van der Waals surface area contributed by atoms with E-state index in [9.17, 15) is 33.0 Å². The van der Waals surface area contributed by atoms with Crippen molar-refractivity contribution in [1.82, 2.24) is 9.62 Å². The number of imide groups is 1. The summed E-state index contributed by atoms with van der Waals surface area (Å²) in [6.07, 6.45) is 0.233. The summed E-state index contributed by atoms with van der Waals surface area (Å²) in [5.74, 6) is -1.74. The van der Waals surface area contributed by atoms with Crippen LogP contribution in [0.1, 0.15) is 68.9 Å². The molecule has 2 aromatic carbocycles. The number of urea groups is 1. The number of methoxy groups -OCH3 is 1. The molecule has 222 valence electrons. The number of rotatable bonds is 10. The summed E-state index contributed by atoms with van der Waals surface area (Å²) in [5.41, 5.74) is 0.280. The smallest absolute Gasteiger partial charge is 0.328 e. The summed E-state index contributed by atoms with van der Waals surface area (Å²) in [6, 6.07) is 9.18.